The average molecular weight is 514 g/mol. The molecular weight excluding hydrogens is 489 g/mol. The minimum Gasteiger partial charge on any atom is -0.550 e. The summed E-state index contributed by atoms with van der Waals surface area (Å²) in [6.45, 7) is 1.94. The number of nitrogens with zero attached hydrogens (tertiary/aromatic N) is 1. The molecule has 0 aliphatic heterocycles. The molecule has 0 fully saturated rings. The number of Topliss-reactive ketones (excluding diaryl/α,β-unsaturated/α-hetero) is 1. The molecular formula is C24H25NO5Pd. The molecule has 0 atom stereocenters. The second kappa shape index (κ2) is 15.9. The molecule has 166 valence electrons. The maximum absolute atomic E-state index is 12.0. The van der Waals surface area contributed by atoms with Gasteiger partial charge in [-0.25, -0.2) is 0 Å². The molecule has 0 radical (unpaired) electrons. The van der Waals surface area contributed by atoms with E-state index in [0.29, 0.717) is 18.6 Å². The van der Waals surface area contributed by atoms with Gasteiger partial charge in [-0.05, 0) is 54.7 Å². The smallest absolute Gasteiger partial charge is 0.550 e. The van der Waals surface area contributed by atoms with Crippen LogP contribution in [0.5, 0.6) is 0 Å². The normalized spacial score (nSPS) is 9.23. The van der Waals surface area contributed by atoms with Crippen LogP contribution in [-0.4, -0.2) is 22.7 Å². The van der Waals surface area contributed by atoms with Crippen molar-refractivity contribution in [2.24, 2.45) is 0 Å². The molecule has 0 aliphatic rings. The van der Waals surface area contributed by atoms with Gasteiger partial charge < -0.3 is 19.8 Å². The zero-order valence-electron chi connectivity index (χ0n) is 17.5. The second-order valence-electron chi connectivity index (χ2n) is 6.56. The van der Waals surface area contributed by atoms with Crippen molar-refractivity contribution in [1.29, 1.82) is 0 Å². The van der Waals surface area contributed by atoms with Crippen LogP contribution in [0, 0.1) is 0 Å². The van der Waals surface area contributed by atoms with E-state index < -0.39 is 11.9 Å². The Kier molecular flexibility index (Phi) is 14.4. The van der Waals surface area contributed by atoms with E-state index in [2.05, 4.69) is 35.3 Å². The number of pyridine rings is 1. The molecule has 7 heteroatoms. The van der Waals surface area contributed by atoms with Crippen molar-refractivity contribution < 1.29 is 45.0 Å². The molecule has 0 saturated heterocycles. The Labute approximate surface area is 196 Å². The first-order valence-corrected chi connectivity index (χ1v) is 9.51. The standard InChI is InChI=1S/C20H19NO.2C2H4O2.Pd/c22-20(12-9-17-4-3-13-21-15-17)11-8-16-7-10-18-5-1-2-6-19(18)14-16;2*1-2(3)4;/h1-7,10,13-15H,8-9,11-12H2;2*1H3,(H,3,4);/q;;;+2/p-2. The van der Waals surface area contributed by atoms with E-state index in [-0.39, 0.29) is 20.4 Å². The molecule has 3 aromatic rings. The molecule has 3 rings (SSSR count). The van der Waals surface area contributed by atoms with Crippen molar-refractivity contribution in [3.8, 4) is 0 Å². The minimum atomic E-state index is -1.08. The first-order valence-electron chi connectivity index (χ1n) is 9.51. The third-order valence-electron chi connectivity index (χ3n) is 3.92. The fourth-order valence-electron chi connectivity index (χ4n) is 2.63. The zero-order chi connectivity index (χ0) is 22.4. The van der Waals surface area contributed by atoms with Crippen LogP contribution >= 0.6 is 0 Å². The molecule has 31 heavy (non-hydrogen) atoms. The van der Waals surface area contributed by atoms with Crippen LogP contribution in [0.1, 0.15) is 37.8 Å². The van der Waals surface area contributed by atoms with E-state index in [1.807, 2.05) is 30.5 Å². The third-order valence-corrected chi connectivity index (χ3v) is 3.92. The molecule has 0 bridgehead atoms. The van der Waals surface area contributed by atoms with Crippen molar-refractivity contribution >= 4 is 28.5 Å². The number of carbonyl (C=O) groups excluding carboxylic acids is 3. The molecule has 0 N–H and O–H groups in total. The number of carboxylic acid groups (broad SMARTS) is 2. The van der Waals surface area contributed by atoms with Crippen LogP contribution < -0.4 is 10.2 Å². The Bertz CT molecular complexity index is 940. The quantitative estimate of drug-likeness (QED) is 0.465. The van der Waals surface area contributed by atoms with Crippen LogP contribution in [0.3, 0.4) is 0 Å². The third kappa shape index (κ3) is 13.9. The number of aromatic nitrogens is 1. The van der Waals surface area contributed by atoms with E-state index in [4.69, 9.17) is 19.8 Å². The maximum Gasteiger partial charge on any atom is 2.00 e. The van der Waals surface area contributed by atoms with Crippen LogP contribution in [0.15, 0.2) is 67.0 Å². The number of carboxylic acids is 2. The summed E-state index contributed by atoms with van der Waals surface area (Å²) in [4.78, 5) is 33.9. The Hall–Kier alpha value is -2.88. The van der Waals surface area contributed by atoms with Crippen molar-refractivity contribution in [3.05, 3.63) is 78.1 Å². The van der Waals surface area contributed by atoms with E-state index in [1.165, 1.54) is 16.3 Å². The molecule has 6 nitrogen and oxygen atoms in total. The summed E-state index contributed by atoms with van der Waals surface area (Å²) in [5.41, 5.74) is 2.36. The molecule has 2 aromatic carbocycles. The van der Waals surface area contributed by atoms with Gasteiger partial charge >= 0.3 is 20.4 Å². The van der Waals surface area contributed by atoms with Crippen LogP contribution in [0.4, 0.5) is 0 Å². The summed E-state index contributed by atoms with van der Waals surface area (Å²) in [5.74, 6) is -1.85. The van der Waals surface area contributed by atoms with Gasteiger partial charge in [0.25, 0.3) is 0 Å². The number of hydrogen-bond donors (Lipinski definition) is 0. The summed E-state index contributed by atoms with van der Waals surface area (Å²) in [7, 11) is 0. The molecule has 1 heterocycles. The zero-order valence-corrected chi connectivity index (χ0v) is 19.0. The van der Waals surface area contributed by atoms with Gasteiger partial charge in [-0.3, -0.25) is 9.78 Å². The SMILES string of the molecule is CC(=O)[O-].CC(=O)[O-].O=C(CCc1cccnc1)CCc1ccc2ccccc2c1.[Pd+2]. The number of hydrogen-bond acceptors (Lipinski definition) is 6. The van der Waals surface area contributed by atoms with Gasteiger partial charge in [0, 0.05) is 37.2 Å². The average Bonchev–Trinajstić information content (AvgIpc) is 2.70. The summed E-state index contributed by atoms with van der Waals surface area (Å²) in [6, 6.07) is 18.7. The Morgan fingerprint density at radius 3 is 1.87 bits per heavy atom. The molecule has 0 amide bonds. The van der Waals surface area contributed by atoms with Gasteiger partial charge in [-0.1, -0.05) is 48.5 Å². The number of rotatable bonds is 6. The molecule has 1 aromatic heterocycles. The Morgan fingerprint density at radius 1 is 0.774 bits per heavy atom. The molecule has 0 spiro atoms. The van der Waals surface area contributed by atoms with Crippen molar-refractivity contribution in [2.75, 3.05) is 0 Å². The molecule has 0 unspecified atom stereocenters. The van der Waals surface area contributed by atoms with E-state index in [1.54, 1.807) is 6.20 Å². The van der Waals surface area contributed by atoms with Gasteiger partial charge in [0.05, 0.1) is 0 Å². The molecule has 0 saturated carbocycles. The fourth-order valence-corrected chi connectivity index (χ4v) is 2.63. The topological polar surface area (TPSA) is 110 Å². The summed E-state index contributed by atoms with van der Waals surface area (Å²) in [5, 5.41) is 20.3. The van der Waals surface area contributed by atoms with Crippen LogP contribution in [0.2, 0.25) is 0 Å². The van der Waals surface area contributed by atoms with Crippen molar-refractivity contribution in [1.82, 2.24) is 4.98 Å². The minimum absolute atomic E-state index is 0. The maximum atomic E-state index is 12.0. The number of aryl methyl sites for hydroxylation is 2. The molecule has 0 aliphatic carbocycles. The van der Waals surface area contributed by atoms with Gasteiger partial charge in [-0.2, -0.15) is 0 Å². The van der Waals surface area contributed by atoms with Gasteiger partial charge in [0.1, 0.15) is 5.78 Å². The summed E-state index contributed by atoms with van der Waals surface area (Å²) < 4.78 is 0. The van der Waals surface area contributed by atoms with E-state index >= 15 is 0 Å². The first kappa shape index (κ1) is 28.1. The Morgan fingerprint density at radius 2 is 1.32 bits per heavy atom. The van der Waals surface area contributed by atoms with Crippen molar-refractivity contribution in [2.45, 2.75) is 39.5 Å². The van der Waals surface area contributed by atoms with Crippen LogP contribution in [0.25, 0.3) is 10.8 Å². The van der Waals surface area contributed by atoms with Crippen LogP contribution in [-0.2, 0) is 47.6 Å². The fraction of sp³-hybridized carbons (Fsp3) is 0.250. The first-order chi connectivity index (χ1) is 14.3. The number of aliphatic carboxylic acids is 2. The predicted molar refractivity (Wildman–Crippen MR) is 111 cm³/mol. The summed E-state index contributed by atoms with van der Waals surface area (Å²) in [6.07, 6.45) is 6.39. The van der Waals surface area contributed by atoms with Gasteiger partial charge in [0.2, 0.25) is 0 Å². The largest absolute Gasteiger partial charge is 2.00 e. The number of benzene rings is 2. The number of carbonyl (C=O) groups is 3. The summed E-state index contributed by atoms with van der Waals surface area (Å²) >= 11 is 0. The second-order valence-corrected chi connectivity index (χ2v) is 6.56. The van der Waals surface area contributed by atoms with E-state index in [0.717, 1.165) is 32.3 Å². The Balaban J connectivity index is 0.000000867. The van der Waals surface area contributed by atoms with Gasteiger partial charge in [0.15, 0.2) is 0 Å². The number of ketones is 1. The number of fused-ring (bicyclic) bond motifs is 1. The van der Waals surface area contributed by atoms with Gasteiger partial charge in [-0.15, -0.1) is 0 Å². The predicted octanol–water partition coefficient (Wildman–Crippen LogP) is 1.88. The van der Waals surface area contributed by atoms with Crippen molar-refractivity contribution in [3.63, 3.8) is 0 Å². The van der Waals surface area contributed by atoms with E-state index in [9.17, 15) is 4.79 Å². The monoisotopic (exact) mass is 513 g/mol.